The fraction of sp³-hybridized carbons (Fsp3) is 0.438. The Labute approximate surface area is 146 Å². The van der Waals surface area contributed by atoms with Crippen molar-refractivity contribution in [3.8, 4) is 0 Å². The van der Waals surface area contributed by atoms with Crippen LogP contribution in [0.15, 0.2) is 30.3 Å². The van der Waals surface area contributed by atoms with E-state index in [4.69, 9.17) is 0 Å². The molecule has 25 heavy (non-hydrogen) atoms. The van der Waals surface area contributed by atoms with Crippen molar-refractivity contribution in [2.45, 2.75) is 19.0 Å². The van der Waals surface area contributed by atoms with Gasteiger partial charge in [0.2, 0.25) is 5.91 Å². The highest BCUT2D eigenvalue weighted by molar-refractivity contribution is 7.90. The molecule has 0 aliphatic carbocycles. The van der Waals surface area contributed by atoms with E-state index in [-0.39, 0.29) is 24.6 Å². The zero-order valence-corrected chi connectivity index (χ0v) is 15.0. The van der Waals surface area contributed by atoms with Crippen molar-refractivity contribution in [2.75, 3.05) is 25.6 Å². The van der Waals surface area contributed by atoms with Crippen LogP contribution in [0.5, 0.6) is 0 Å². The highest BCUT2D eigenvalue weighted by atomic mass is 32.2. The van der Waals surface area contributed by atoms with Gasteiger partial charge in [-0.15, -0.1) is 0 Å². The molecule has 8 nitrogen and oxygen atoms in total. The third kappa shape index (κ3) is 5.28. The molecular weight excluding hydrogens is 346 g/mol. The Balaban J connectivity index is 1.93. The van der Waals surface area contributed by atoms with E-state index in [1.165, 1.54) is 4.90 Å². The molecule has 0 saturated carbocycles. The van der Waals surface area contributed by atoms with Crippen molar-refractivity contribution in [2.24, 2.45) is 0 Å². The van der Waals surface area contributed by atoms with Crippen LogP contribution in [0.4, 0.5) is 4.79 Å². The molecule has 0 aromatic heterocycles. The molecule has 136 valence electrons. The Bertz CT molecular complexity index is 763. The van der Waals surface area contributed by atoms with E-state index in [2.05, 4.69) is 5.32 Å². The monoisotopic (exact) mass is 367 g/mol. The van der Waals surface area contributed by atoms with Gasteiger partial charge in [-0.2, -0.15) is 0 Å². The lowest BCUT2D eigenvalue weighted by atomic mass is 10.2. The molecule has 9 heteroatoms. The number of carbonyl (C=O) groups excluding carboxylic acids is 3. The first-order valence-electron chi connectivity index (χ1n) is 7.75. The van der Waals surface area contributed by atoms with Crippen molar-refractivity contribution in [1.82, 2.24) is 15.1 Å². The molecule has 1 heterocycles. The molecule has 2 rings (SSSR count). The van der Waals surface area contributed by atoms with Gasteiger partial charge >= 0.3 is 6.03 Å². The molecule has 1 saturated heterocycles. The molecule has 1 aliphatic heterocycles. The summed E-state index contributed by atoms with van der Waals surface area (Å²) in [6.45, 7) is -0.00972. The smallest absolute Gasteiger partial charge is 0.325 e. The Kier molecular flexibility index (Phi) is 5.78. The lowest BCUT2D eigenvalue weighted by Crippen LogP contribution is -2.41. The van der Waals surface area contributed by atoms with Crippen LogP contribution >= 0.6 is 0 Å². The van der Waals surface area contributed by atoms with E-state index in [0.29, 0.717) is 6.54 Å². The van der Waals surface area contributed by atoms with Crippen LogP contribution in [0.3, 0.4) is 0 Å². The molecule has 1 fully saturated rings. The molecular formula is C16H21N3O5S. The van der Waals surface area contributed by atoms with E-state index in [0.717, 1.165) is 16.7 Å². The summed E-state index contributed by atoms with van der Waals surface area (Å²) in [5, 5.41) is 2.42. The van der Waals surface area contributed by atoms with E-state index < -0.39 is 27.8 Å². The van der Waals surface area contributed by atoms with Gasteiger partial charge in [-0.25, -0.2) is 13.2 Å². The number of hydrogen-bond acceptors (Lipinski definition) is 5. The Morgan fingerprint density at radius 3 is 2.48 bits per heavy atom. The van der Waals surface area contributed by atoms with Crippen molar-refractivity contribution >= 4 is 27.7 Å². The summed E-state index contributed by atoms with van der Waals surface area (Å²) < 4.78 is 22.4. The summed E-state index contributed by atoms with van der Waals surface area (Å²) in [4.78, 5) is 38.7. The average molecular weight is 367 g/mol. The third-order valence-corrected chi connectivity index (χ3v) is 4.84. The van der Waals surface area contributed by atoms with Crippen LogP contribution in [0.25, 0.3) is 0 Å². The molecule has 1 aliphatic rings. The Hall–Kier alpha value is -2.42. The first-order chi connectivity index (χ1) is 11.7. The number of carbonyl (C=O) groups is 3. The second kappa shape index (κ2) is 7.64. The van der Waals surface area contributed by atoms with Gasteiger partial charge in [0.1, 0.15) is 22.4 Å². The standard InChI is InChI=1S/C16H21N3O5S/c1-18(10-12-6-4-3-5-7-12)14(20)11-19-15(21)13(17-16(19)22)8-9-25(2,23)24/h3-7,13H,8-11H2,1-2H3,(H,17,22)/t13-/m1/s1. The number of nitrogens with zero attached hydrogens (tertiary/aromatic N) is 2. The van der Waals surface area contributed by atoms with Crippen molar-refractivity contribution < 1.29 is 22.8 Å². The van der Waals surface area contributed by atoms with Gasteiger partial charge in [0.05, 0.1) is 5.75 Å². The molecule has 0 unspecified atom stereocenters. The number of rotatable bonds is 7. The summed E-state index contributed by atoms with van der Waals surface area (Å²) in [6.07, 6.45) is 1.06. The maximum Gasteiger partial charge on any atom is 0.325 e. The normalized spacial score (nSPS) is 17.5. The van der Waals surface area contributed by atoms with Crippen LogP contribution in [0, 0.1) is 0 Å². The highest BCUT2D eigenvalue weighted by Crippen LogP contribution is 2.11. The van der Waals surface area contributed by atoms with Crippen LogP contribution in [-0.4, -0.2) is 67.7 Å². The van der Waals surface area contributed by atoms with E-state index in [9.17, 15) is 22.8 Å². The molecule has 4 amide bonds. The lowest BCUT2D eigenvalue weighted by molar-refractivity contribution is -0.136. The minimum atomic E-state index is -3.24. The first kappa shape index (κ1) is 18.9. The highest BCUT2D eigenvalue weighted by Gasteiger charge is 2.39. The molecule has 0 bridgehead atoms. The number of benzene rings is 1. The summed E-state index contributed by atoms with van der Waals surface area (Å²) in [5.74, 6) is -1.16. The Morgan fingerprint density at radius 2 is 1.88 bits per heavy atom. The minimum Gasteiger partial charge on any atom is -0.340 e. The molecule has 0 spiro atoms. The summed E-state index contributed by atoms with van der Waals surface area (Å²) in [6, 6.07) is 7.75. The lowest BCUT2D eigenvalue weighted by Gasteiger charge is -2.20. The van der Waals surface area contributed by atoms with Gasteiger partial charge in [-0.05, 0) is 12.0 Å². The number of hydrogen-bond donors (Lipinski definition) is 1. The molecule has 1 atom stereocenters. The number of sulfone groups is 1. The molecule has 1 aromatic rings. The fourth-order valence-electron chi connectivity index (χ4n) is 2.46. The largest absolute Gasteiger partial charge is 0.340 e. The molecule has 1 N–H and O–H groups in total. The summed E-state index contributed by atoms with van der Waals surface area (Å²) in [5.41, 5.74) is 0.932. The second-order valence-corrected chi connectivity index (χ2v) is 8.34. The van der Waals surface area contributed by atoms with Gasteiger partial charge in [0.25, 0.3) is 5.91 Å². The minimum absolute atomic E-state index is 0.00600. The Morgan fingerprint density at radius 1 is 1.24 bits per heavy atom. The van der Waals surface area contributed by atoms with Crippen molar-refractivity contribution in [3.63, 3.8) is 0 Å². The number of imide groups is 1. The second-order valence-electron chi connectivity index (χ2n) is 6.08. The third-order valence-electron chi connectivity index (χ3n) is 3.87. The van der Waals surface area contributed by atoms with E-state index in [1.807, 2.05) is 30.3 Å². The van der Waals surface area contributed by atoms with Gasteiger partial charge in [0.15, 0.2) is 0 Å². The average Bonchev–Trinajstić information content (AvgIpc) is 2.80. The first-order valence-corrected chi connectivity index (χ1v) is 9.81. The van der Waals surface area contributed by atoms with Gasteiger partial charge in [0, 0.05) is 19.8 Å². The van der Waals surface area contributed by atoms with Gasteiger partial charge in [-0.3, -0.25) is 14.5 Å². The maximum atomic E-state index is 12.3. The number of amides is 4. The quantitative estimate of drug-likeness (QED) is 0.683. The van der Waals surface area contributed by atoms with Crippen molar-refractivity contribution in [3.05, 3.63) is 35.9 Å². The van der Waals surface area contributed by atoms with Crippen LogP contribution in [-0.2, 0) is 26.0 Å². The number of nitrogens with one attached hydrogen (secondary N) is 1. The predicted octanol–water partition coefficient (Wildman–Crippen LogP) is 0.000100. The topological polar surface area (TPSA) is 104 Å². The zero-order chi connectivity index (χ0) is 18.6. The van der Waals surface area contributed by atoms with Crippen molar-refractivity contribution in [1.29, 1.82) is 0 Å². The van der Waals surface area contributed by atoms with E-state index >= 15 is 0 Å². The summed E-state index contributed by atoms with van der Waals surface area (Å²) in [7, 11) is -1.65. The van der Waals surface area contributed by atoms with Crippen LogP contribution in [0.1, 0.15) is 12.0 Å². The fourth-order valence-corrected chi connectivity index (χ4v) is 3.12. The SMILES string of the molecule is CN(Cc1ccccc1)C(=O)CN1C(=O)N[C@H](CCS(C)(=O)=O)C1=O. The van der Waals surface area contributed by atoms with Crippen LogP contribution < -0.4 is 5.32 Å². The van der Waals surface area contributed by atoms with Gasteiger partial charge in [-0.1, -0.05) is 30.3 Å². The number of likely N-dealkylation sites (N-methyl/N-ethyl adjacent to an activating group) is 1. The van der Waals surface area contributed by atoms with Gasteiger partial charge < -0.3 is 10.2 Å². The summed E-state index contributed by atoms with van der Waals surface area (Å²) >= 11 is 0. The number of urea groups is 1. The predicted molar refractivity (Wildman–Crippen MR) is 91.3 cm³/mol. The maximum absolute atomic E-state index is 12.3. The molecule has 0 radical (unpaired) electrons. The van der Waals surface area contributed by atoms with Crippen LogP contribution in [0.2, 0.25) is 0 Å². The van der Waals surface area contributed by atoms with E-state index in [1.54, 1.807) is 7.05 Å². The zero-order valence-electron chi connectivity index (χ0n) is 14.1. The molecule has 1 aromatic carbocycles.